The first-order valence-electron chi connectivity index (χ1n) is 11.4. The van der Waals surface area contributed by atoms with Crippen molar-refractivity contribution in [2.75, 3.05) is 0 Å². The Morgan fingerprint density at radius 3 is 2.43 bits per heavy atom. The molecule has 0 bridgehead atoms. The molecule has 2 nitrogen and oxygen atoms in total. The van der Waals surface area contributed by atoms with Gasteiger partial charge in [-0.05, 0) is 53.7 Å². The molecule has 1 aliphatic rings. The predicted molar refractivity (Wildman–Crippen MR) is 121 cm³/mol. The molecule has 0 saturated heterocycles. The normalized spacial score (nSPS) is 19.3. The van der Waals surface area contributed by atoms with Gasteiger partial charge in [0, 0.05) is 12.0 Å². The Morgan fingerprint density at radius 1 is 1.00 bits per heavy atom. The standard InChI is InChI=1S/C27H31FO2/c1-3-4-5-6-23-17-22-15-16-24(26(28)25(22)27(29)30-23)21-13-11-20(12-14-21)19-9-7-18(2)8-10-19/h11-19H,3-10H2,1-2H3. The fourth-order valence-corrected chi connectivity index (χ4v) is 4.72. The van der Waals surface area contributed by atoms with Gasteiger partial charge in [-0.25, -0.2) is 9.18 Å². The summed E-state index contributed by atoms with van der Waals surface area (Å²) in [6.07, 6.45) is 8.89. The summed E-state index contributed by atoms with van der Waals surface area (Å²) < 4.78 is 20.7. The summed E-state index contributed by atoms with van der Waals surface area (Å²) in [4.78, 5) is 12.5. The Morgan fingerprint density at radius 2 is 1.73 bits per heavy atom. The molecule has 0 amide bonds. The maximum Gasteiger partial charge on any atom is 0.346 e. The zero-order valence-electron chi connectivity index (χ0n) is 18.0. The Bertz CT molecular complexity index is 1060. The summed E-state index contributed by atoms with van der Waals surface area (Å²) in [7, 11) is 0. The number of unbranched alkanes of at least 4 members (excludes halogenated alkanes) is 2. The SMILES string of the molecule is CCCCCc1cc2ccc(-c3ccc(C4CCC(C)CC4)cc3)c(F)c2c(=O)o1. The topological polar surface area (TPSA) is 30.2 Å². The van der Waals surface area contributed by atoms with Crippen molar-refractivity contribution in [1.29, 1.82) is 0 Å². The van der Waals surface area contributed by atoms with Crippen molar-refractivity contribution < 1.29 is 8.81 Å². The summed E-state index contributed by atoms with van der Waals surface area (Å²) in [5, 5.41) is 0.670. The Labute approximate surface area is 178 Å². The van der Waals surface area contributed by atoms with Gasteiger partial charge in [0.15, 0.2) is 0 Å². The Balaban J connectivity index is 1.61. The minimum absolute atomic E-state index is 0.0529. The molecule has 4 rings (SSSR count). The van der Waals surface area contributed by atoms with Crippen molar-refractivity contribution >= 4 is 10.8 Å². The van der Waals surface area contributed by atoms with E-state index in [-0.39, 0.29) is 5.39 Å². The van der Waals surface area contributed by atoms with Crippen LogP contribution in [0.2, 0.25) is 0 Å². The summed E-state index contributed by atoms with van der Waals surface area (Å²) in [5.41, 5.74) is 2.01. The van der Waals surface area contributed by atoms with Gasteiger partial charge in [-0.3, -0.25) is 0 Å². The van der Waals surface area contributed by atoms with Crippen LogP contribution in [-0.2, 0) is 6.42 Å². The molecule has 158 valence electrons. The molecule has 0 aliphatic heterocycles. The van der Waals surface area contributed by atoms with Gasteiger partial charge in [0.1, 0.15) is 17.0 Å². The number of benzene rings is 2. The third kappa shape index (κ3) is 4.35. The lowest BCUT2D eigenvalue weighted by molar-refractivity contribution is 0.348. The third-order valence-electron chi connectivity index (χ3n) is 6.65. The summed E-state index contributed by atoms with van der Waals surface area (Å²) in [6, 6.07) is 13.6. The fraction of sp³-hybridized carbons (Fsp3) is 0.444. The van der Waals surface area contributed by atoms with E-state index in [9.17, 15) is 4.79 Å². The van der Waals surface area contributed by atoms with Crippen molar-refractivity contribution in [2.24, 2.45) is 5.92 Å². The van der Waals surface area contributed by atoms with Crippen molar-refractivity contribution in [3.8, 4) is 11.1 Å². The van der Waals surface area contributed by atoms with Crippen LogP contribution in [-0.4, -0.2) is 0 Å². The lowest BCUT2D eigenvalue weighted by Gasteiger charge is -2.26. The second-order valence-corrected chi connectivity index (χ2v) is 8.93. The number of rotatable bonds is 6. The highest BCUT2D eigenvalue weighted by Gasteiger charge is 2.20. The number of hydrogen-bond donors (Lipinski definition) is 0. The van der Waals surface area contributed by atoms with E-state index in [4.69, 9.17) is 4.42 Å². The van der Waals surface area contributed by atoms with Crippen LogP contribution in [0.4, 0.5) is 4.39 Å². The molecule has 0 radical (unpaired) electrons. The lowest BCUT2D eigenvalue weighted by Crippen LogP contribution is -2.10. The molecule has 1 saturated carbocycles. The fourth-order valence-electron chi connectivity index (χ4n) is 4.72. The van der Waals surface area contributed by atoms with Crippen LogP contribution in [0.25, 0.3) is 21.9 Å². The third-order valence-corrected chi connectivity index (χ3v) is 6.65. The molecular formula is C27H31FO2. The minimum Gasteiger partial charge on any atom is -0.427 e. The number of fused-ring (bicyclic) bond motifs is 1. The molecule has 2 aromatic carbocycles. The van der Waals surface area contributed by atoms with Gasteiger partial charge in [0.05, 0.1) is 0 Å². The smallest absolute Gasteiger partial charge is 0.346 e. The van der Waals surface area contributed by atoms with Crippen LogP contribution < -0.4 is 5.63 Å². The minimum atomic E-state index is -0.578. The van der Waals surface area contributed by atoms with Crippen LogP contribution in [0.5, 0.6) is 0 Å². The van der Waals surface area contributed by atoms with E-state index in [1.54, 1.807) is 6.07 Å². The average molecular weight is 407 g/mol. The van der Waals surface area contributed by atoms with Crippen molar-refractivity contribution in [3.63, 3.8) is 0 Å². The average Bonchev–Trinajstić information content (AvgIpc) is 2.75. The second kappa shape index (κ2) is 9.16. The first-order valence-corrected chi connectivity index (χ1v) is 11.4. The van der Waals surface area contributed by atoms with Crippen molar-refractivity contribution in [3.05, 3.63) is 70.0 Å². The van der Waals surface area contributed by atoms with E-state index in [2.05, 4.69) is 26.0 Å². The molecule has 30 heavy (non-hydrogen) atoms. The zero-order valence-corrected chi connectivity index (χ0v) is 18.0. The van der Waals surface area contributed by atoms with Crippen LogP contribution >= 0.6 is 0 Å². The van der Waals surface area contributed by atoms with Crippen LogP contribution in [0.3, 0.4) is 0 Å². The van der Waals surface area contributed by atoms with Crippen LogP contribution in [0.1, 0.15) is 76.0 Å². The quantitative estimate of drug-likeness (QED) is 0.394. The molecule has 1 fully saturated rings. The monoisotopic (exact) mass is 406 g/mol. The van der Waals surface area contributed by atoms with E-state index in [0.29, 0.717) is 29.0 Å². The second-order valence-electron chi connectivity index (χ2n) is 8.93. The molecule has 0 N–H and O–H groups in total. The predicted octanol–water partition coefficient (Wildman–Crippen LogP) is 7.63. The van der Waals surface area contributed by atoms with E-state index >= 15 is 4.39 Å². The van der Waals surface area contributed by atoms with Gasteiger partial charge in [-0.2, -0.15) is 0 Å². The maximum absolute atomic E-state index is 15.3. The van der Waals surface area contributed by atoms with Gasteiger partial charge in [0.2, 0.25) is 0 Å². The van der Waals surface area contributed by atoms with Crippen molar-refractivity contribution in [1.82, 2.24) is 0 Å². The van der Waals surface area contributed by atoms with Crippen LogP contribution in [0, 0.1) is 11.7 Å². The highest BCUT2D eigenvalue weighted by Crippen LogP contribution is 2.36. The molecule has 3 heteroatoms. The summed E-state index contributed by atoms with van der Waals surface area (Å²) in [6.45, 7) is 4.46. The first kappa shape index (κ1) is 20.8. The summed E-state index contributed by atoms with van der Waals surface area (Å²) in [5.74, 6) is 1.58. The van der Waals surface area contributed by atoms with E-state index in [0.717, 1.165) is 30.7 Å². The largest absolute Gasteiger partial charge is 0.427 e. The van der Waals surface area contributed by atoms with Crippen molar-refractivity contribution in [2.45, 2.75) is 71.1 Å². The molecular weight excluding hydrogens is 375 g/mol. The van der Waals surface area contributed by atoms with E-state index < -0.39 is 11.4 Å². The van der Waals surface area contributed by atoms with Crippen LogP contribution in [0.15, 0.2) is 51.7 Å². The van der Waals surface area contributed by atoms with E-state index in [1.807, 2.05) is 24.3 Å². The molecule has 1 aromatic heterocycles. The number of hydrogen-bond acceptors (Lipinski definition) is 2. The van der Waals surface area contributed by atoms with Gasteiger partial charge in [-0.1, -0.05) is 75.9 Å². The molecule has 3 aromatic rings. The first-order chi connectivity index (χ1) is 14.6. The lowest BCUT2D eigenvalue weighted by atomic mass is 9.79. The van der Waals surface area contributed by atoms with E-state index in [1.165, 1.54) is 31.2 Å². The Hall–Kier alpha value is -2.42. The highest BCUT2D eigenvalue weighted by atomic mass is 19.1. The van der Waals surface area contributed by atoms with Gasteiger partial charge in [-0.15, -0.1) is 0 Å². The number of aryl methyl sites for hydroxylation is 1. The molecule has 1 aliphatic carbocycles. The molecule has 0 spiro atoms. The van der Waals surface area contributed by atoms with Gasteiger partial charge in [0.25, 0.3) is 0 Å². The van der Waals surface area contributed by atoms with Gasteiger partial charge >= 0.3 is 5.63 Å². The highest BCUT2D eigenvalue weighted by molar-refractivity contribution is 5.87. The summed E-state index contributed by atoms with van der Waals surface area (Å²) >= 11 is 0. The number of halogens is 1. The van der Waals surface area contributed by atoms with Gasteiger partial charge < -0.3 is 4.42 Å². The molecule has 1 heterocycles. The Kier molecular flexibility index (Phi) is 6.36. The zero-order chi connectivity index (χ0) is 21.1. The molecule has 0 unspecified atom stereocenters. The molecule has 0 atom stereocenters. The maximum atomic E-state index is 15.3.